The van der Waals surface area contributed by atoms with Gasteiger partial charge in [0.05, 0.1) is 0 Å². The molecule has 49 heavy (non-hydrogen) atoms. The summed E-state index contributed by atoms with van der Waals surface area (Å²) in [6, 6.07) is 32.7. The molecule has 0 spiro atoms. The predicted octanol–water partition coefficient (Wildman–Crippen LogP) is 10.7. The summed E-state index contributed by atoms with van der Waals surface area (Å²) in [4.78, 5) is 0. The smallest absolute Gasteiger partial charge is 0.398 e. The van der Waals surface area contributed by atoms with Crippen molar-refractivity contribution >= 4 is 11.4 Å². The molecule has 6 aromatic carbocycles. The lowest BCUT2D eigenvalue weighted by atomic mass is 9.71. The summed E-state index contributed by atoms with van der Waals surface area (Å²) in [5.41, 5.74) is 15.9. The van der Waals surface area contributed by atoms with Crippen LogP contribution in [-0.2, 0) is 18.3 Å². The highest BCUT2D eigenvalue weighted by Gasteiger charge is 2.72. The summed E-state index contributed by atoms with van der Waals surface area (Å²) < 4.78 is 91.3. The topological polar surface area (TPSA) is 52.0 Å². The molecule has 2 aliphatic carbocycles. The number of fused-ring (bicyclic) bond motifs is 6. The molecule has 0 fully saturated rings. The van der Waals surface area contributed by atoms with E-state index in [1.807, 2.05) is 72.8 Å². The van der Waals surface area contributed by atoms with Crippen molar-refractivity contribution in [2.24, 2.45) is 0 Å². The monoisotopic (exact) mass is 662 g/mol. The van der Waals surface area contributed by atoms with Gasteiger partial charge in [-0.2, -0.15) is 26.3 Å². The van der Waals surface area contributed by atoms with Gasteiger partial charge in [-0.25, -0.2) is 0 Å². The maximum absolute atomic E-state index is 15.2. The molecule has 8 rings (SSSR count). The highest BCUT2D eigenvalue weighted by atomic mass is 19.4. The van der Waals surface area contributed by atoms with E-state index in [2.05, 4.69) is 0 Å². The van der Waals surface area contributed by atoms with Gasteiger partial charge >= 0.3 is 12.4 Å². The average molecular weight is 663 g/mol. The largest absolute Gasteiger partial charge is 0.411 e. The molecule has 0 unspecified atom stereocenters. The number of halogens is 6. The number of benzene rings is 6. The Morgan fingerprint density at radius 1 is 0.388 bits per heavy atom. The number of nitrogens with two attached hydrogens (primary N) is 2. The lowest BCUT2D eigenvalue weighted by molar-refractivity contribution is -0.288. The Balaban J connectivity index is 1.25. The molecular weight excluding hydrogens is 634 g/mol. The number of alkyl halides is 6. The quantitative estimate of drug-likeness (QED) is 0.146. The summed E-state index contributed by atoms with van der Waals surface area (Å²) in [6.45, 7) is 0. The molecule has 0 saturated heterocycles. The molecule has 0 atom stereocenters. The van der Waals surface area contributed by atoms with Gasteiger partial charge in [-0.1, -0.05) is 109 Å². The molecule has 0 aromatic heterocycles. The summed E-state index contributed by atoms with van der Waals surface area (Å²) in [5.74, 6) is 0. The number of hydrogen-bond acceptors (Lipinski definition) is 2. The van der Waals surface area contributed by atoms with Gasteiger partial charge in [0.15, 0.2) is 0 Å². The van der Waals surface area contributed by atoms with Crippen LogP contribution in [0.2, 0.25) is 0 Å². The third-order valence-corrected chi connectivity index (χ3v) is 10.1. The van der Waals surface area contributed by atoms with Crippen LogP contribution < -0.4 is 11.5 Å². The van der Waals surface area contributed by atoms with Crippen molar-refractivity contribution in [1.29, 1.82) is 0 Å². The number of rotatable bonds is 4. The Hall–Kier alpha value is -5.50. The molecule has 6 aromatic rings. The van der Waals surface area contributed by atoms with Crippen LogP contribution >= 0.6 is 0 Å². The molecule has 0 amide bonds. The summed E-state index contributed by atoms with van der Waals surface area (Å²) in [6.07, 6.45) is -10.4. The minimum atomic E-state index is -5.79. The zero-order valence-corrected chi connectivity index (χ0v) is 25.9. The molecule has 2 nitrogen and oxygen atoms in total. The van der Waals surface area contributed by atoms with Gasteiger partial charge in [0.1, 0.15) is 0 Å². The number of hydrogen-bond donors (Lipinski definition) is 2. The van der Waals surface area contributed by atoms with Crippen molar-refractivity contribution in [3.8, 4) is 44.5 Å². The van der Waals surface area contributed by atoms with Crippen molar-refractivity contribution in [1.82, 2.24) is 0 Å². The van der Waals surface area contributed by atoms with E-state index in [1.54, 1.807) is 12.1 Å². The third-order valence-electron chi connectivity index (χ3n) is 10.1. The summed E-state index contributed by atoms with van der Waals surface area (Å²) >= 11 is 0. The van der Waals surface area contributed by atoms with Crippen LogP contribution in [0.4, 0.5) is 37.7 Å². The molecule has 0 heterocycles. The SMILES string of the molecule is Nc1cc(C(c2ccc(-c3cccc4c3Cc3ccccc3-4)c(N)c2)(C(F)(F)F)C(F)(F)F)ccc1-c1cccc2c1Cc1ccccc1-2. The van der Waals surface area contributed by atoms with Gasteiger partial charge in [0.25, 0.3) is 0 Å². The maximum atomic E-state index is 15.2. The molecule has 8 heteroatoms. The van der Waals surface area contributed by atoms with Crippen LogP contribution in [0.25, 0.3) is 44.5 Å². The van der Waals surface area contributed by atoms with Crippen LogP contribution in [0, 0.1) is 0 Å². The molecular formula is C41H28F6N2. The molecule has 2 aliphatic rings. The van der Waals surface area contributed by atoms with Crippen molar-refractivity contribution < 1.29 is 26.3 Å². The Morgan fingerprint density at radius 2 is 0.735 bits per heavy atom. The Kier molecular flexibility index (Phi) is 6.76. The van der Waals surface area contributed by atoms with E-state index < -0.39 is 28.9 Å². The molecule has 0 aliphatic heterocycles. The van der Waals surface area contributed by atoms with Crippen molar-refractivity contribution in [2.45, 2.75) is 30.6 Å². The number of nitrogen functional groups attached to an aromatic ring is 2. The molecule has 244 valence electrons. The van der Waals surface area contributed by atoms with Gasteiger partial charge in [0, 0.05) is 22.5 Å². The first-order chi connectivity index (χ1) is 23.4. The van der Waals surface area contributed by atoms with Crippen LogP contribution in [0.5, 0.6) is 0 Å². The second kappa shape index (κ2) is 10.8. The fourth-order valence-electron chi connectivity index (χ4n) is 7.88. The normalized spacial score (nSPS) is 13.5. The first kappa shape index (κ1) is 30.8. The molecule has 4 N–H and O–H groups in total. The zero-order valence-electron chi connectivity index (χ0n) is 25.9. The van der Waals surface area contributed by atoms with E-state index in [1.165, 1.54) is 12.1 Å². The second-order valence-electron chi connectivity index (χ2n) is 12.7. The highest BCUT2D eigenvalue weighted by Crippen LogP contribution is 2.58. The fraction of sp³-hybridized carbons (Fsp3) is 0.122. The van der Waals surface area contributed by atoms with Crippen LogP contribution in [0.3, 0.4) is 0 Å². The first-order valence-corrected chi connectivity index (χ1v) is 15.7. The van der Waals surface area contributed by atoms with Crippen molar-refractivity contribution in [2.75, 3.05) is 11.5 Å². The van der Waals surface area contributed by atoms with Crippen molar-refractivity contribution in [3.05, 3.63) is 155 Å². The van der Waals surface area contributed by atoms with E-state index in [0.29, 0.717) is 35.1 Å². The van der Waals surface area contributed by atoms with Gasteiger partial charge < -0.3 is 11.5 Å². The van der Waals surface area contributed by atoms with E-state index in [9.17, 15) is 0 Å². The minimum absolute atomic E-state index is 0.191. The van der Waals surface area contributed by atoms with Crippen LogP contribution in [0.15, 0.2) is 121 Å². The van der Waals surface area contributed by atoms with Crippen LogP contribution in [-0.4, -0.2) is 12.4 Å². The summed E-state index contributed by atoms with van der Waals surface area (Å²) in [5, 5.41) is 0. The van der Waals surface area contributed by atoms with Gasteiger partial charge in [-0.3, -0.25) is 0 Å². The van der Waals surface area contributed by atoms with E-state index in [4.69, 9.17) is 11.5 Å². The van der Waals surface area contributed by atoms with E-state index >= 15 is 26.3 Å². The summed E-state index contributed by atoms with van der Waals surface area (Å²) in [7, 11) is 0. The maximum Gasteiger partial charge on any atom is 0.411 e. The molecule has 0 saturated carbocycles. The fourth-order valence-corrected chi connectivity index (χ4v) is 7.88. The van der Waals surface area contributed by atoms with Crippen LogP contribution in [0.1, 0.15) is 33.4 Å². The Bertz CT molecular complexity index is 2140. The lowest BCUT2D eigenvalue weighted by Crippen LogP contribution is -2.54. The van der Waals surface area contributed by atoms with Gasteiger partial charge in [-0.05, 0) is 91.7 Å². The highest BCUT2D eigenvalue weighted by molar-refractivity contribution is 5.90. The predicted molar refractivity (Wildman–Crippen MR) is 182 cm³/mol. The lowest BCUT2D eigenvalue weighted by Gasteiger charge is -2.39. The standard InChI is InChI=1S/C41H28F6N2/c42-40(43,44)39(41(45,46)47,25-15-17-33(37(48)21-25)31-13-5-11-29-27-9-3-1-7-23(27)19-35(29)31)26-16-18-34(38(49)22-26)32-14-6-12-30-28-10-4-2-8-24(28)20-36(30)32/h1-18,21-22H,19-20,48-49H2. The van der Waals surface area contributed by atoms with Crippen molar-refractivity contribution in [3.63, 3.8) is 0 Å². The zero-order chi connectivity index (χ0) is 34.3. The molecule has 0 radical (unpaired) electrons. The van der Waals surface area contributed by atoms with E-state index in [0.717, 1.165) is 68.8 Å². The second-order valence-corrected chi connectivity index (χ2v) is 12.7. The Morgan fingerprint density at radius 3 is 1.10 bits per heavy atom. The Labute approximate surface area is 278 Å². The number of anilines is 2. The first-order valence-electron chi connectivity index (χ1n) is 15.7. The average Bonchev–Trinajstić information content (AvgIpc) is 3.63. The minimum Gasteiger partial charge on any atom is -0.398 e. The van der Waals surface area contributed by atoms with E-state index in [-0.39, 0.29) is 11.4 Å². The van der Waals surface area contributed by atoms with Gasteiger partial charge in [-0.15, -0.1) is 0 Å². The third kappa shape index (κ3) is 4.50. The molecule has 0 bridgehead atoms. The van der Waals surface area contributed by atoms with Gasteiger partial charge in [0.2, 0.25) is 5.41 Å².